The number of nitrogens with zero attached hydrogens (tertiary/aromatic N) is 3. The first-order valence-corrected chi connectivity index (χ1v) is 11.9. The molecule has 0 spiro atoms. The SMILES string of the molecule is COC(=O)C(c1ccccc1)N1CCN(C(=O)c2cccc(-c3nc4ccc(OC)cc4[nH]3)c2)CC1. The number of methoxy groups -OCH3 is 2. The van der Waals surface area contributed by atoms with Crippen molar-refractivity contribution in [1.29, 1.82) is 0 Å². The summed E-state index contributed by atoms with van der Waals surface area (Å²) in [5.74, 6) is 1.12. The molecule has 184 valence electrons. The van der Waals surface area contributed by atoms with Gasteiger partial charge in [-0.25, -0.2) is 9.78 Å². The summed E-state index contributed by atoms with van der Waals surface area (Å²) in [7, 11) is 3.04. The second kappa shape index (κ2) is 10.2. The molecule has 0 bridgehead atoms. The molecular formula is C28H28N4O4. The zero-order valence-electron chi connectivity index (χ0n) is 20.3. The normalized spacial score (nSPS) is 15.0. The quantitative estimate of drug-likeness (QED) is 0.418. The highest BCUT2D eigenvalue weighted by molar-refractivity contribution is 5.95. The van der Waals surface area contributed by atoms with Crippen LogP contribution in [0.2, 0.25) is 0 Å². The number of carbonyl (C=O) groups is 2. The molecular weight excluding hydrogens is 456 g/mol. The van der Waals surface area contributed by atoms with E-state index < -0.39 is 6.04 Å². The molecule has 1 aromatic heterocycles. The van der Waals surface area contributed by atoms with Crippen molar-refractivity contribution in [3.8, 4) is 17.1 Å². The summed E-state index contributed by atoms with van der Waals surface area (Å²) in [5.41, 5.74) is 4.03. The van der Waals surface area contributed by atoms with Crippen molar-refractivity contribution in [1.82, 2.24) is 19.8 Å². The van der Waals surface area contributed by atoms with E-state index in [-0.39, 0.29) is 11.9 Å². The lowest BCUT2D eigenvalue weighted by atomic mass is 10.0. The van der Waals surface area contributed by atoms with E-state index in [2.05, 4.69) is 14.9 Å². The number of carbonyl (C=O) groups excluding carboxylic acids is 2. The molecule has 5 rings (SSSR count). The summed E-state index contributed by atoms with van der Waals surface area (Å²) in [6.45, 7) is 2.19. The number of amides is 1. The van der Waals surface area contributed by atoms with E-state index >= 15 is 0 Å². The summed E-state index contributed by atoms with van der Waals surface area (Å²) < 4.78 is 10.4. The molecule has 1 atom stereocenters. The second-order valence-electron chi connectivity index (χ2n) is 8.71. The van der Waals surface area contributed by atoms with Gasteiger partial charge in [-0.15, -0.1) is 0 Å². The van der Waals surface area contributed by atoms with Crippen molar-refractivity contribution >= 4 is 22.9 Å². The van der Waals surface area contributed by atoms with E-state index in [0.29, 0.717) is 37.6 Å². The van der Waals surface area contributed by atoms with Crippen molar-refractivity contribution in [2.45, 2.75) is 6.04 Å². The zero-order chi connectivity index (χ0) is 25.1. The molecule has 1 N–H and O–H groups in total. The van der Waals surface area contributed by atoms with Crippen molar-refractivity contribution in [3.05, 3.63) is 83.9 Å². The summed E-state index contributed by atoms with van der Waals surface area (Å²) in [4.78, 5) is 37.8. The van der Waals surface area contributed by atoms with E-state index in [0.717, 1.165) is 27.9 Å². The van der Waals surface area contributed by atoms with Crippen LogP contribution >= 0.6 is 0 Å². The molecule has 8 heteroatoms. The zero-order valence-corrected chi connectivity index (χ0v) is 20.3. The predicted molar refractivity (Wildman–Crippen MR) is 137 cm³/mol. The molecule has 1 aliphatic heterocycles. The van der Waals surface area contributed by atoms with Crippen LogP contribution < -0.4 is 4.74 Å². The number of hydrogen-bond donors (Lipinski definition) is 1. The Morgan fingerprint density at radius 2 is 1.69 bits per heavy atom. The Morgan fingerprint density at radius 1 is 0.917 bits per heavy atom. The number of hydrogen-bond acceptors (Lipinski definition) is 6. The second-order valence-corrected chi connectivity index (χ2v) is 8.71. The molecule has 1 amide bonds. The number of aromatic nitrogens is 2. The van der Waals surface area contributed by atoms with Crippen LogP contribution in [0.4, 0.5) is 0 Å². The molecule has 0 aliphatic carbocycles. The number of benzene rings is 3. The van der Waals surface area contributed by atoms with Gasteiger partial charge in [-0.05, 0) is 29.8 Å². The van der Waals surface area contributed by atoms with Gasteiger partial charge in [0.1, 0.15) is 17.6 Å². The van der Waals surface area contributed by atoms with Crippen molar-refractivity contribution < 1.29 is 19.1 Å². The third-order valence-electron chi connectivity index (χ3n) is 6.58. The van der Waals surface area contributed by atoms with Crippen molar-refractivity contribution in [2.24, 2.45) is 0 Å². The van der Waals surface area contributed by atoms with E-state index in [9.17, 15) is 9.59 Å². The number of nitrogens with one attached hydrogen (secondary N) is 1. The van der Waals surface area contributed by atoms with Crippen LogP contribution in [0, 0.1) is 0 Å². The summed E-state index contributed by atoms with van der Waals surface area (Å²) in [6.07, 6.45) is 0. The number of rotatable bonds is 6. The van der Waals surface area contributed by atoms with Crippen LogP contribution in [0.1, 0.15) is 22.0 Å². The Kier molecular flexibility index (Phi) is 6.69. The maximum atomic E-state index is 13.3. The van der Waals surface area contributed by atoms with Gasteiger partial charge in [-0.2, -0.15) is 0 Å². The van der Waals surface area contributed by atoms with Crippen LogP contribution in [0.3, 0.4) is 0 Å². The highest BCUT2D eigenvalue weighted by Gasteiger charge is 2.32. The molecule has 1 unspecified atom stereocenters. The first-order valence-electron chi connectivity index (χ1n) is 11.9. The predicted octanol–water partition coefficient (Wildman–Crippen LogP) is 3.91. The molecule has 3 aromatic carbocycles. The van der Waals surface area contributed by atoms with E-state index in [1.165, 1.54) is 7.11 Å². The monoisotopic (exact) mass is 484 g/mol. The van der Waals surface area contributed by atoms with Crippen LogP contribution in [0.25, 0.3) is 22.4 Å². The van der Waals surface area contributed by atoms with Gasteiger partial charge in [0.15, 0.2) is 0 Å². The fourth-order valence-corrected chi connectivity index (χ4v) is 4.66. The Balaban J connectivity index is 1.30. The minimum Gasteiger partial charge on any atom is -0.497 e. The lowest BCUT2D eigenvalue weighted by molar-refractivity contribution is -0.148. The first kappa shape index (κ1) is 23.6. The van der Waals surface area contributed by atoms with Crippen molar-refractivity contribution in [3.63, 3.8) is 0 Å². The summed E-state index contributed by atoms with van der Waals surface area (Å²) >= 11 is 0. The van der Waals surface area contributed by atoms with Gasteiger partial charge in [0.2, 0.25) is 0 Å². The standard InChI is InChI=1S/C28H28N4O4/c1-35-22-11-12-23-24(18-22)30-26(29-23)20-9-6-10-21(17-20)27(33)32-15-13-31(14-16-32)25(28(34)36-2)19-7-4-3-5-8-19/h3-12,17-18,25H,13-16H2,1-2H3,(H,29,30). The van der Waals surface area contributed by atoms with Gasteiger partial charge < -0.3 is 19.4 Å². The molecule has 1 aliphatic rings. The molecule has 0 saturated carbocycles. The number of imidazole rings is 1. The fraction of sp³-hybridized carbons (Fsp3) is 0.250. The molecule has 1 saturated heterocycles. The van der Waals surface area contributed by atoms with E-state index in [1.807, 2.05) is 77.7 Å². The number of piperazine rings is 1. The Morgan fingerprint density at radius 3 is 2.42 bits per heavy atom. The third kappa shape index (κ3) is 4.67. The number of H-pyrrole nitrogens is 1. The first-order chi connectivity index (χ1) is 17.6. The van der Waals surface area contributed by atoms with Gasteiger partial charge in [0, 0.05) is 43.4 Å². The Labute approximate surface area is 209 Å². The third-order valence-corrected chi connectivity index (χ3v) is 6.58. The maximum Gasteiger partial charge on any atom is 0.327 e. The lowest BCUT2D eigenvalue weighted by Crippen LogP contribution is -2.51. The van der Waals surface area contributed by atoms with Gasteiger partial charge in [0.25, 0.3) is 5.91 Å². The molecule has 2 heterocycles. The smallest absolute Gasteiger partial charge is 0.327 e. The summed E-state index contributed by atoms with van der Waals surface area (Å²) in [6, 6.07) is 22.3. The number of esters is 1. The molecule has 36 heavy (non-hydrogen) atoms. The van der Waals surface area contributed by atoms with Crippen LogP contribution in [0.5, 0.6) is 5.75 Å². The molecule has 4 aromatic rings. The highest BCUT2D eigenvalue weighted by atomic mass is 16.5. The van der Waals surface area contributed by atoms with Crippen LogP contribution in [-0.4, -0.2) is 72.0 Å². The minimum absolute atomic E-state index is 0.0383. The molecule has 8 nitrogen and oxygen atoms in total. The Bertz CT molecular complexity index is 1380. The molecule has 0 radical (unpaired) electrons. The average Bonchev–Trinajstić information content (AvgIpc) is 3.37. The average molecular weight is 485 g/mol. The van der Waals surface area contributed by atoms with Gasteiger partial charge in [-0.3, -0.25) is 9.69 Å². The topological polar surface area (TPSA) is 87.8 Å². The van der Waals surface area contributed by atoms with Crippen LogP contribution in [-0.2, 0) is 9.53 Å². The lowest BCUT2D eigenvalue weighted by Gasteiger charge is -2.38. The molecule has 1 fully saturated rings. The van der Waals surface area contributed by atoms with E-state index in [1.54, 1.807) is 7.11 Å². The maximum absolute atomic E-state index is 13.3. The fourth-order valence-electron chi connectivity index (χ4n) is 4.66. The van der Waals surface area contributed by atoms with Gasteiger partial charge >= 0.3 is 5.97 Å². The number of ether oxygens (including phenoxy) is 2. The van der Waals surface area contributed by atoms with E-state index in [4.69, 9.17) is 9.47 Å². The minimum atomic E-state index is -0.483. The highest BCUT2D eigenvalue weighted by Crippen LogP contribution is 2.26. The Hall–Kier alpha value is -4.17. The number of aromatic amines is 1. The van der Waals surface area contributed by atoms with Gasteiger partial charge in [-0.1, -0.05) is 42.5 Å². The largest absolute Gasteiger partial charge is 0.497 e. The van der Waals surface area contributed by atoms with Crippen LogP contribution in [0.15, 0.2) is 72.8 Å². The van der Waals surface area contributed by atoms with Gasteiger partial charge in [0.05, 0.1) is 25.3 Å². The van der Waals surface area contributed by atoms with Crippen molar-refractivity contribution in [2.75, 3.05) is 40.4 Å². The summed E-state index contributed by atoms with van der Waals surface area (Å²) in [5, 5.41) is 0. The number of fused-ring (bicyclic) bond motifs is 1.